The Morgan fingerprint density at radius 1 is 1.31 bits per heavy atom. The van der Waals surface area contributed by atoms with Gasteiger partial charge in [0, 0.05) is 12.1 Å². The summed E-state index contributed by atoms with van der Waals surface area (Å²) < 4.78 is 5.42. The maximum absolute atomic E-state index is 5.72. The molecule has 0 atom stereocenters. The second-order valence-corrected chi connectivity index (χ2v) is 4.88. The lowest BCUT2D eigenvalue weighted by molar-refractivity contribution is 0.411. The van der Waals surface area contributed by atoms with Crippen LogP contribution in [0.25, 0.3) is 0 Å². The molecule has 0 fully saturated rings. The predicted octanol–water partition coefficient (Wildman–Crippen LogP) is 2.46. The van der Waals surface area contributed by atoms with Gasteiger partial charge in [0.2, 0.25) is 0 Å². The molecular formula is C13H22N2O. The quantitative estimate of drug-likeness (QED) is 0.822. The van der Waals surface area contributed by atoms with E-state index in [2.05, 4.69) is 38.2 Å². The molecule has 0 bridgehead atoms. The molecule has 1 aromatic rings. The molecule has 0 heterocycles. The predicted molar refractivity (Wildman–Crippen MR) is 69.2 cm³/mol. The number of nitrogens with two attached hydrogens (primary N) is 1. The van der Waals surface area contributed by atoms with Crippen molar-refractivity contribution < 1.29 is 4.74 Å². The van der Waals surface area contributed by atoms with Gasteiger partial charge in [-0.15, -0.1) is 0 Å². The van der Waals surface area contributed by atoms with Crippen LogP contribution in [0.3, 0.4) is 0 Å². The first-order valence-corrected chi connectivity index (χ1v) is 5.53. The third-order valence-electron chi connectivity index (χ3n) is 2.61. The number of nitrogens with one attached hydrogen (secondary N) is 1. The fraction of sp³-hybridized carbons (Fsp3) is 0.538. The Morgan fingerprint density at radius 3 is 2.44 bits per heavy atom. The van der Waals surface area contributed by atoms with Crippen molar-refractivity contribution in [2.45, 2.75) is 33.2 Å². The van der Waals surface area contributed by atoms with Crippen molar-refractivity contribution >= 4 is 5.69 Å². The SMILES string of the molecule is COc1c(C)cc(C)cc1NC(C)(C)CN. The van der Waals surface area contributed by atoms with E-state index in [0.717, 1.165) is 17.0 Å². The number of methoxy groups -OCH3 is 1. The lowest BCUT2D eigenvalue weighted by Crippen LogP contribution is -2.39. The molecule has 3 heteroatoms. The van der Waals surface area contributed by atoms with Crippen molar-refractivity contribution in [1.82, 2.24) is 0 Å². The van der Waals surface area contributed by atoms with Crippen LogP contribution in [0.5, 0.6) is 5.75 Å². The highest BCUT2D eigenvalue weighted by Crippen LogP contribution is 2.31. The molecule has 0 aliphatic heterocycles. The highest BCUT2D eigenvalue weighted by molar-refractivity contribution is 5.62. The summed E-state index contributed by atoms with van der Waals surface area (Å²) in [7, 11) is 1.69. The van der Waals surface area contributed by atoms with E-state index in [1.807, 2.05) is 6.92 Å². The first-order valence-electron chi connectivity index (χ1n) is 5.53. The molecule has 1 rings (SSSR count). The highest BCUT2D eigenvalue weighted by atomic mass is 16.5. The Hall–Kier alpha value is -1.22. The molecule has 0 aromatic heterocycles. The third kappa shape index (κ3) is 2.89. The molecule has 3 N–H and O–H groups in total. The second-order valence-electron chi connectivity index (χ2n) is 4.88. The molecule has 0 radical (unpaired) electrons. The minimum atomic E-state index is -0.131. The van der Waals surface area contributed by atoms with Gasteiger partial charge >= 0.3 is 0 Å². The molecular weight excluding hydrogens is 200 g/mol. The minimum Gasteiger partial charge on any atom is -0.494 e. The Morgan fingerprint density at radius 2 is 1.94 bits per heavy atom. The molecule has 90 valence electrons. The van der Waals surface area contributed by atoms with Crippen molar-refractivity contribution in [3.8, 4) is 5.75 Å². The highest BCUT2D eigenvalue weighted by Gasteiger charge is 2.18. The summed E-state index contributed by atoms with van der Waals surface area (Å²) in [6.07, 6.45) is 0. The summed E-state index contributed by atoms with van der Waals surface area (Å²) >= 11 is 0. The Labute approximate surface area is 98.0 Å². The van der Waals surface area contributed by atoms with E-state index >= 15 is 0 Å². The lowest BCUT2D eigenvalue weighted by Gasteiger charge is -2.27. The number of hydrogen-bond acceptors (Lipinski definition) is 3. The van der Waals surface area contributed by atoms with E-state index in [-0.39, 0.29) is 5.54 Å². The van der Waals surface area contributed by atoms with Crippen LogP contribution in [0.2, 0.25) is 0 Å². The van der Waals surface area contributed by atoms with E-state index < -0.39 is 0 Å². The van der Waals surface area contributed by atoms with Gasteiger partial charge in [0.1, 0.15) is 5.75 Å². The zero-order chi connectivity index (χ0) is 12.3. The van der Waals surface area contributed by atoms with Crippen LogP contribution in [0.15, 0.2) is 12.1 Å². The Balaban J connectivity index is 3.12. The van der Waals surface area contributed by atoms with Crippen LogP contribution < -0.4 is 15.8 Å². The van der Waals surface area contributed by atoms with Gasteiger partial charge in [-0.25, -0.2) is 0 Å². The standard InChI is InChI=1S/C13H22N2O/c1-9-6-10(2)12(16-5)11(7-9)15-13(3,4)8-14/h6-7,15H,8,14H2,1-5H3. The molecule has 0 saturated heterocycles. The van der Waals surface area contributed by atoms with E-state index in [4.69, 9.17) is 10.5 Å². The van der Waals surface area contributed by atoms with Crippen LogP contribution in [0, 0.1) is 13.8 Å². The van der Waals surface area contributed by atoms with Gasteiger partial charge in [-0.05, 0) is 44.9 Å². The van der Waals surface area contributed by atoms with Gasteiger partial charge in [0.15, 0.2) is 0 Å². The number of benzene rings is 1. The summed E-state index contributed by atoms with van der Waals surface area (Å²) in [5, 5.41) is 3.42. The van der Waals surface area contributed by atoms with Gasteiger partial charge in [0.05, 0.1) is 12.8 Å². The van der Waals surface area contributed by atoms with Crippen molar-refractivity contribution in [2.75, 3.05) is 19.0 Å². The summed E-state index contributed by atoms with van der Waals surface area (Å²) in [6, 6.07) is 4.20. The number of aryl methyl sites for hydroxylation is 2. The fourth-order valence-corrected chi connectivity index (χ4v) is 1.73. The molecule has 16 heavy (non-hydrogen) atoms. The van der Waals surface area contributed by atoms with Crippen molar-refractivity contribution in [1.29, 1.82) is 0 Å². The first kappa shape index (κ1) is 12.8. The largest absolute Gasteiger partial charge is 0.494 e. The maximum Gasteiger partial charge on any atom is 0.144 e. The smallest absolute Gasteiger partial charge is 0.144 e. The van der Waals surface area contributed by atoms with Crippen molar-refractivity contribution in [3.05, 3.63) is 23.3 Å². The number of hydrogen-bond donors (Lipinski definition) is 2. The molecule has 0 aliphatic rings. The van der Waals surface area contributed by atoms with Gasteiger partial charge < -0.3 is 15.8 Å². The van der Waals surface area contributed by atoms with Crippen molar-refractivity contribution in [3.63, 3.8) is 0 Å². The van der Waals surface area contributed by atoms with E-state index in [1.54, 1.807) is 7.11 Å². The van der Waals surface area contributed by atoms with Crippen LogP contribution >= 0.6 is 0 Å². The molecule has 0 amide bonds. The monoisotopic (exact) mass is 222 g/mol. The number of ether oxygens (including phenoxy) is 1. The normalized spacial score (nSPS) is 11.4. The van der Waals surface area contributed by atoms with Crippen LogP contribution in [-0.4, -0.2) is 19.2 Å². The molecule has 3 nitrogen and oxygen atoms in total. The van der Waals surface area contributed by atoms with Crippen LogP contribution in [0.1, 0.15) is 25.0 Å². The van der Waals surface area contributed by atoms with Gasteiger partial charge in [0.25, 0.3) is 0 Å². The number of anilines is 1. The van der Waals surface area contributed by atoms with Crippen molar-refractivity contribution in [2.24, 2.45) is 5.73 Å². The fourth-order valence-electron chi connectivity index (χ4n) is 1.73. The summed E-state index contributed by atoms with van der Waals surface area (Å²) in [6.45, 7) is 8.84. The van der Waals surface area contributed by atoms with E-state index in [0.29, 0.717) is 6.54 Å². The van der Waals surface area contributed by atoms with Gasteiger partial charge in [-0.3, -0.25) is 0 Å². The first-order chi connectivity index (χ1) is 7.39. The average molecular weight is 222 g/mol. The summed E-state index contributed by atoms with van der Waals surface area (Å²) in [5.74, 6) is 0.895. The Bertz CT molecular complexity index is 372. The summed E-state index contributed by atoms with van der Waals surface area (Å²) in [5.41, 5.74) is 8.95. The molecule has 1 aromatic carbocycles. The van der Waals surface area contributed by atoms with E-state index in [1.165, 1.54) is 5.56 Å². The topological polar surface area (TPSA) is 47.3 Å². The van der Waals surface area contributed by atoms with Crippen LogP contribution in [0.4, 0.5) is 5.69 Å². The van der Waals surface area contributed by atoms with Crippen LogP contribution in [-0.2, 0) is 0 Å². The third-order valence-corrected chi connectivity index (χ3v) is 2.61. The average Bonchev–Trinajstić information content (AvgIpc) is 2.16. The molecule has 0 aliphatic carbocycles. The van der Waals surface area contributed by atoms with Gasteiger partial charge in [-0.2, -0.15) is 0 Å². The molecule has 0 saturated carbocycles. The zero-order valence-corrected chi connectivity index (χ0v) is 10.8. The lowest BCUT2D eigenvalue weighted by atomic mass is 10.0. The Kier molecular flexibility index (Phi) is 3.81. The zero-order valence-electron chi connectivity index (χ0n) is 10.8. The van der Waals surface area contributed by atoms with E-state index in [9.17, 15) is 0 Å². The maximum atomic E-state index is 5.72. The minimum absolute atomic E-state index is 0.131. The summed E-state index contributed by atoms with van der Waals surface area (Å²) in [4.78, 5) is 0. The molecule has 0 spiro atoms. The second kappa shape index (κ2) is 4.74. The number of rotatable bonds is 4. The van der Waals surface area contributed by atoms with Gasteiger partial charge in [-0.1, -0.05) is 6.07 Å². The molecule has 0 unspecified atom stereocenters.